The molecule has 2 rings (SSSR count). The summed E-state index contributed by atoms with van der Waals surface area (Å²) in [5.41, 5.74) is 3.70. The van der Waals surface area contributed by atoms with Crippen molar-refractivity contribution in [2.24, 2.45) is 0 Å². The van der Waals surface area contributed by atoms with Gasteiger partial charge in [-0.3, -0.25) is 4.79 Å². The fourth-order valence-corrected chi connectivity index (χ4v) is 2.41. The molecule has 0 unspecified atom stereocenters. The molecule has 0 aliphatic heterocycles. The molecule has 0 saturated heterocycles. The zero-order chi connectivity index (χ0) is 17.7. The van der Waals surface area contributed by atoms with E-state index in [4.69, 9.17) is 9.47 Å². The highest BCUT2D eigenvalue weighted by molar-refractivity contribution is 5.96. The molecule has 2 aromatic rings. The first-order valence-corrected chi connectivity index (χ1v) is 7.81. The van der Waals surface area contributed by atoms with Crippen LogP contribution >= 0.6 is 0 Å². The summed E-state index contributed by atoms with van der Waals surface area (Å²) in [5.74, 6) is 1.18. The maximum Gasteiger partial charge on any atom is 0.246 e. The number of ether oxygens (including phenoxy) is 2. The molecular formula is C19H24N2O3. The second kappa shape index (κ2) is 7.73. The van der Waals surface area contributed by atoms with E-state index in [0.717, 1.165) is 22.5 Å². The van der Waals surface area contributed by atoms with E-state index in [0.29, 0.717) is 11.5 Å². The average molecular weight is 328 g/mol. The van der Waals surface area contributed by atoms with E-state index in [2.05, 4.69) is 10.6 Å². The highest BCUT2D eigenvalue weighted by Crippen LogP contribution is 2.33. The molecule has 5 nitrogen and oxygen atoms in total. The largest absolute Gasteiger partial charge is 0.493 e. The van der Waals surface area contributed by atoms with Crippen LogP contribution in [0, 0.1) is 13.8 Å². The Bertz CT molecular complexity index is 729. The molecule has 0 heterocycles. The Morgan fingerprint density at radius 1 is 1.04 bits per heavy atom. The van der Waals surface area contributed by atoms with Gasteiger partial charge in [0, 0.05) is 17.4 Å². The van der Waals surface area contributed by atoms with E-state index in [1.165, 1.54) is 0 Å². The van der Waals surface area contributed by atoms with Crippen LogP contribution in [-0.2, 0) is 4.79 Å². The van der Waals surface area contributed by atoms with Gasteiger partial charge < -0.3 is 20.1 Å². The van der Waals surface area contributed by atoms with Gasteiger partial charge in [0.1, 0.15) is 6.04 Å². The SMILES string of the molecule is COc1cc(C)c(N[C@@H](C)C(=O)Nc2cccc(C)c2)cc1OC. The van der Waals surface area contributed by atoms with Gasteiger partial charge in [-0.05, 0) is 50.1 Å². The third-order valence-electron chi connectivity index (χ3n) is 3.78. The lowest BCUT2D eigenvalue weighted by atomic mass is 10.1. The summed E-state index contributed by atoms with van der Waals surface area (Å²) in [6, 6.07) is 11.0. The number of carbonyl (C=O) groups is 1. The number of hydrogen-bond donors (Lipinski definition) is 2. The van der Waals surface area contributed by atoms with Gasteiger partial charge in [-0.25, -0.2) is 0 Å². The summed E-state index contributed by atoms with van der Waals surface area (Å²) in [6.07, 6.45) is 0. The summed E-state index contributed by atoms with van der Waals surface area (Å²) in [5, 5.41) is 6.14. The third-order valence-corrected chi connectivity index (χ3v) is 3.78. The predicted octanol–water partition coefficient (Wildman–Crippen LogP) is 3.76. The number of amides is 1. The molecule has 0 fully saturated rings. The number of carbonyl (C=O) groups excluding carboxylic acids is 1. The molecule has 0 radical (unpaired) electrons. The van der Waals surface area contributed by atoms with Crippen molar-refractivity contribution in [2.75, 3.05) is 24.9 Å². The second-order valence-electron chi connectivity index (χ2n) is 5.75. The zero-order valence-electron chi connectivity index (χ0n) is 14.8. The van der Waals surface area contributed by atoms with Crippen molar-refractivity contribution in [1.82, 2.24) is 0 Å². The quantitative estimate of drug-likeness (QED) is 0.847. The van der Waals surface area contributed by atoms with Crippen LogP contribution in [-0.4, -0.2) is 26.2 Å². The van der Waals surface area contributed by atoms with E-state index in [-0.39, 0.29) is 5.91 Å². The molecule has 24 heavy (non-hydrogen) atoms. The maximum absolute atomic E-state index is 12.4. The van der Waals surface area contributed by atoms with Crippen molar-refractivity contribution in [3.8, 4) is 11.5 Å². The number of rotatable bonds is 6. The standard InChI is InChI=1S/C19H24N2O3/c1-12-7-6-8-15(9-12)21-19(22)14(3)20-16-11-18(24-5)17(23-4)10-13(16)2/h6-11,14,20H,1-5H3,(H,21,22)/t14-/m0/s1. The first kappa shape index (κ1) is 17.7. The van der Waals surface area contributed by atoms with Gasteiger partial charge in [-0.2, -0.15) is 0 Å². The van der Waals surface area contributed by atoms with Crippen LogP contribution in [0.15, 0.2) is 36.4 Å². The minimum atomic E-state index is -0.401. The Kier molecular flexibility index (Phi) is 5.68. The predicted molar refractivity (Wildman–Crippen MR) is 97.2 cm³/mol. The first-order chi connectivity index (χ1) is 11.4. The average Bonchev–Trinajstić information content (AvgIpc) is 2.56. The molecule has 1 atom stereocenters. The van der Waals surface area contributed by atoms with Gasteiger partial charge in [-0.15, -0.1) is 0 Å². The monoisotopic (exact) mass is 328 g/mol. The molecule has 2 N–H and O–H groups in total. The van der Waals surface area contributed by atoms with Crippen LogP contribution in [0.3, 0.4) is 0 Å². The minimum absolute atomic E-state index is 0.102. The molecule has 0 saturated carbocycles. The smallest absolute Gasteiger partial charge is 0.246 e. The van der Waals surface area contributed by atoms with Crippen molar-refractivity contribution in [3.05, 3.63) is 47.5 Å². The molecular weight excluding hydrogens is 304 g/mol. The van der Waals surface area contributed by atoms with Crippen molar-refractivity contribution in [1.29, 1.82) is 0 Å². The van der Waals surface area contributed by atoms with Gasteiger partial charge in [0.25, 0.3) is 0 Å². The summed E-state index contributed by atoms with van der Waals surface area (Å²) < 4.78 is 10.6. The molecule has 0 aromatic heterocycles. The summed E-state index contributed by atoms with van der Waals surface area (Å²) in [6.45, 7) is 5.76. The van der Waals surface area contributed by atoms with E-state index in [9.17, 15) is 4.79 Å². The fourth-order valence-electron chi connectivity index (χ4n) is 2.41. The van der Waals surface area contributed by atoms with Crippen LogP contribution in [0.1, 0.15) is 18.1 Å². The summed E-state index contributed by atoms with van der Waals surface area (Å²) in [4.78, 5) is 12.4. The van der Waals surface area contributed by atoms with Crippen LogP contribution < -0.4 is 20.1 Å². The first-order valence-electron chi connectivity index (χ1n) is 7.81. The Morgan fingerprint density at radius 3 is 2.33 bits per heavy atom. The van der Waals surface area contributed by atoms with E-state index < -0.39 is 6.04 Å². The summed E-state index contributed by atoms with van der Waals surface area (Å²) >= 11 is 0. The van der Waals surface area contributed by atoms with Gasteiger partial charge in [0.05, 0.1) is 14.2 Å². The number of nitrogens with one attached hydrogen (secondary N) is 2. The zero-order valence-corrected chi connectivity index (χ0v) is 14.8. The van der Waals surface area contributed by atoms with Crippen molar-refractivity contribution in [2.45, 2.75) is 26.8 Å². The van der Waals surface area contributed by atoms with Crippen molar-refractivity contribution < 1.29 is 14.3 Å². The molecule has 128 valence electrons. The second-order valence-corrected chi connectivity index (χ2v) is 5.75. The lowest BCUT2D eigenvalue weighted by Crippen LogP contribution is -2.32. The lowest BCUT2D eigenvalue weighted by Gasteiger charge is -2.19. The number of benzene rings is 2. The number of aryl methyl sites for hydroxylation is 2. The molecule has 0 spiro atoms. The minimum Gasteiger partial charge on any atom is -0.493 e. The molecule has 0 bridgehead atoms. The maximum atomic E-state index is 12.4. The Labute approximate surface area is 143 Å². The van der Waals surface area contributed by atoms with Crippen LogP contribution in [0.2, 0.25) is 0 Å². The van der Waals surface area contributed by atoms with Gasteiger partial charge in [0.2, 0.25) is 5.91 Å². The van der Waals surface area contributed by atoms with Crippen LogP contribution in [0.4, 0.5) is 11.4 Å². The third kappa shape index (κ3) is 4.19. The van der Waals surface area contributed by atoms with E-state index in [1.54, 1.807) is 14.2 Å². The lowest BCUT2D eigenvalue weighted by molar-refractivity contribution is -0.116. The number of anilines is 2. The molecule has 0 aliphatic rings. The topological polar surface area (TPSA) is 59.6 Å². The molecule has 2 aromatic carbocycles. The molecule has 5 heteroatoms. The fraction of sp³-hybridized carbons (Fsp3) is 0.316. The Hall–Kier alpha value is -2.69. The van der Waals surface area contributed by atoms with E-state index >= 15 is 0 Å². The highest BCUT2D eigenvalue weighted by atomic mass is 16.5. The number of methoxy groups -OCH3 is 2. The number of hydrogen-bond acceptors (Lipinski definition) is 4. The van der Waals surface area contributed by atoms with Gasteiger partial charge in [0.15, 0.2) is 11.5 Å². The van der Waals surface area contributed by atoms with Gasteiger partial charge >= 0.3 is 0 Å². The Balaban J connectivity index is 2.11. The molecule has 0 aliphatic carbocycles. The van der Waals surface area contributed by atoms with E-state index in [1.807, 2.05) is 57.2 Å². The van der Waals surface area contributed by atoms with Crippen molar-refractivity contribution in [3.63, 3.8) is 0 Å². The Morgan fingerprint density at radius 2 is 1.71 bits per heavy atom. The van der Waals surface area contributed by atoms with Crippen molar-refractivity contribution >= 4 is 17.3 Å². The van der Waals surface area contributed by atoms with Crippen LogP contribution in [0.5, 0.6) is 11.5 Å². The normalized spacial score (nSPS) is 11.5. The molecule has 1 amide bonds. The highest BCUT2D eigenvalue weighted by Gasteiger charge is 2.16. The van der Waals surface area contributed by atoms with Crippen LogP contribution in [0.25, 0.3) is 0 Å². The van der Waals surface area contributed by atoms with Gasteiger partial charge in [-0.1, -0.05) is 12.1 Å². The summed E-state index contributed by atoms with van der Waals surface area (Å²) in [7, 11) is 3.19.